The van der Waals surface area contributed by atoms with E-state index in [0.29, 0.717) is 0 Å². The van der Waals surface area contributed by atoms with Crippen LogP contribution in [0.3, 0.4) is 0 Å². The lowest BCUT2D eigenvalue weighted by atomic mass is 10.2. The van der Waals surface area contributed by atoms with Crippen LogP contribution in [0.1, 0.15) is 12.5 Å². The van der Waals surface area contributed by atoms with Crippen LogP contribution in [-0.2, 0) is 0 Å². The molecule has 3 heteroatoms. The molecule has 0 atom stereocenters. The number of hydrogen-bond acceptors (Lipinski definition) is 3. The second kappa shape index (κ2) is 4.52. The Morgan fingerprint density at radius 2 is 1.92 bits per heavy atom. The standard InChI is InChI=1S/C10H15N3/c1-8-3-5-10(6-4-8)12-7-9(2)13-11/h3-7,12-13H,11H2,1-2H3/b9-7-. The van der Waals surface area contributed by atoms with Crippen LogP contribution in [0.4, 0.5) is 5.69 Å². The van der Waals surface area contributed by atoms with Crippen molar-refractivity contribution in [2.75, 3.05) is 5.32 Å². The molecule has 0 aromatic heterocycles. The number of benzene rings is 1. The summed E-state index contributed by atoms with van der Waals surface area (Å²) in [5, 5.41) is 3.12. The first-order valence-corrected chi connectivity index (χ1v) is 4.19. The van der Waals surface area contributed by atoms with Crippen LogP contribution >= 0.6 is 0 Å². The number of hydrazine groups is 1. The van der Waals surface area contributed by atoms with Crippen LogP contribution in [-0.4, -0.2) is 0 Å². The summed E-state index contributed by atoms with van der Waals surface area (Å²) in [6.45, 7) is 3.95. The highest BCUT2D eigenvalue weighted by molar-refractivity contribution is 5.46. The zero-order valence-corrected chi connectivity index (χ0v) is 7.96. The van der Waals surface area contributed by atoms with E-state index < -0.39 is 0 Å². The van der Waals surface area contributed by atoms with Crippen molar-refractivity contribution >= 4 is 5.69 Å². The molecule has 0 unspecified atom stereocenters. The smallest absolute Gasteiger partial charge is 0.0388 e. The Morgan fingerprint density at radius 3 is 2.46 bits per heavy atom. The van der Waals surface area contributed by atoms with E-state index in [9.17, 15) is 0 Å². The number of rotatable bonds is 3. The number of aryl methyl sites for hydroxylation is 1. The minimum atomic E-state index is 0.889. The maximum absolute atomic E-state index is 5.20. The lowest BCUT2D eigenvalue weighted by Crippen LogP contribution is -2.19. The van der Waals surface area contributed by atoms with Crippen molar-refractivity contribution in [2.45, 2.75) is 13.8 Å². The molecule has 1 aromatic carbocycles. The van der Waals surface area contributed by atoms with Gasteiger partial charge in [0, 0.05) is 17.6 Å². The fourth-order valence-electron chi connectivity index (χ4n) is 0.883. The SMILES string of the molecule is C/C(=C/Nc1ccc(C)cc1)NN. The summed E-state index contributed by atoms with van der Waals surface area (Å²) in [6.07, 6.45) is 1.82. The summed E-state index contributed by atoms with van der Waals surface area (Å²) in [5.41, 5.74) is 5.74. The Balaban J connectivity index is 2.60. The lowest BCUT2D eigenvalue weighted by Gasteiger charge is -2.03. The molecule has 13 heavy (non-hydrogen) atoms. The first-order chi connectivity index (χ1) is 6.22. The van der Waals surface area contributed by atoms with Gasteiger partial charge in [0.05, 0.1) is 0 Å². The second-order valence-electron chi connectivity index (χ2n) is 2.98. The molecule has 0 radical (unpaired) electrons. The molecule has 0 bridgehead atoms. The number of allylic oxidation sites excluding steroid dienone is 1. The molecule has 0 amide bonds. The molecule has 4 N–H and O–H groups in total. The van der Waals surface area contributed by atoms with Crippen LogP contribution < -0.4 is 16.6 Å². The Morgan fingerprint density at radius 1 is 1.31 bits per heavy atom. The van der Waals surface area contributed by atoms with Crippen molar-refractivity contribution in [2.24, 2.45) is 5.84 Å². The second-order valence-corrected chi connectivity index (χ2v) is 2.98. The van der Waals surface area contributed by atoms with Gasteiger partial charge in [-0.2, -0.15) is 0 Å². The van der Waals surface area contributed by atoms with Gasteiger partial charge in [-0.1, -0.05) is 17.7 Å². The molecule has 0 aliphatic carbocycles. The third-order valence-corrected chi connectivity index (χ3v) is 1.73. The van der Waals surface area contributed by atoms with Crippen LogP contribution in [0.15, 0.2) is 36.2 Å². The Bertz CT molecular complexity index is 288. The predicted octanol–water partition coefficient (Wildman–Crippen LogP) is 1.73. The molecule has 1 rings (SSSR count). The molecule has 70 valence electrons. The quantitative estimate of drug-likeness (QED) is 0.487. The Hall–Kier alpha value is -1.48. The summed E-state index contributed by atoms with van der Waals surface area (Å²) < 4.78 is 0. The third kappa shape index (κ3) is 3.17. The number of nitrogens with two attached hydrogens (primary N) is 1. The third-order valence-electron chi connectivity index (χ3n) is 1.73. The van der Waals surface area contributed by atoms with Gasteiger partial charge in [-0.25, -0.2) is 0 Å². The zero-order valence-electron chi connectivity index (χ0n) is 7.96. The van der Waals surface area contributed by atoms with Gasteiger partial charge in [0.25, 0.3) is 0 Å². The van der Waals surface area contributed by atoms with Crippen molar-refractivity contribution in [1.29, 1.82) is 0 Å². The van der Waals surface area contributed by atoms with Gasteiger partial charge in [-0.15, -0.1) is 0 Å². The summed E-state index contributed by atoms with van der Waals surface area (Å²) >= 11 is 0. The van der Waals surface area contributed by atoms with Gasteiger partial charge in [0.2, 0.25) is 0 Å². The molecular formula is C10H15N3. The van der Waals surface area contributed by atoms with Gasteiger partial charge >= 0.3 is 0 Å². The van der Waals surface area contributed by atoms with Crippen LogP contribution in [0.5, 0.6) is 0 Å². The van der Waals surface area contributed by atoms with Gasteiger partial charge in [-0.3, -0.25) is 5.84 Å². The first-order valence-electron chi connectivity index (χ1n) is 4.19. The summed E-state index contributed by atoms with van der Waals surface area (Å²) in [6, 6.07) is 8.16. The first kappa shape index (κ1) is 9.61. The van der Waals surface area contributed by atoms with Crippen LogP contribution in [0, 0.1) is 6.92 Å². The Labute approximate surface area is 78.6 Å². The maximum Gasteiger partial charge on any atom is 0.0388 e. The molecule has 1 aromatic rings. The van der Waals surface area contributed by atoms with Gasteiger partial charge in [-0.05, 0) is 26.0 Å². The van der Waals surface area contributed by atoms with E-state index in [1.54, 1.807) is 0 Å². The average molecular weight is 177 g/mol. The van der Waals surface area contributed by atoms with Gasteiger partial charge < -0.3 is 10.7 Å². The molecule has 0 fully saturated rings. The molecule has 3 nitrogen and oxygen atoms in total. The normalized spacial score (nSPS) is 11.2. The Kier molecular flexibility index (Phi) is 3.34. The number of hydrogen-bond donors (Lipinski definition) is 3. The summed E-state index contributed by atoms with van der Waals surface area (Å²) in [4.78, 5) is 0. The maximum atomic E-state index is 5.20. The monoisotopic (exact) mass is 177 g/mol. The van der Waals surface area contributed by atoms with E-state index >= 15 is 0 Å². The highest BCUT2D eigenvalue weighted by atomic mass is 15.2. The van der Waals surface area contributed by atoms with E-state index in [1.807, 2.05) is 25.3 Å². The highest BCUT2D eigenvalue weighted by Crippen LogP contribution is 2.08. The minimum absolute atomic E-state index is 0.889. The zero-order chi connectivity index (χ0) is 9.68. The predicted molar refractivity (Wildman–Crippen MR) is 55.9 cm³/mol. The highest BCUT2D eigenvalue weighted by Gasteiger charge is 1.88. The van der Waals surface area contributed by atoms with E-state index in [-0.39, 0.29) is 0 Å². The molecule has 0 aliphatic heterocycles. The van der Waals surface area contributed by atoms with Crippen LogP contribution in [0.25, 0.3) is 0 Å². The van der Waals surface area contributed by atoms with Crippen molar-refractivity contribution < 1.29 is 0 Å². The van der Waals surface area contributed by atoms with Crippen molar-refractivity contribution in [3.05, 3.63) is 41.7 Å². The number of anilines is 1. The van der Waals surface area contributed by atoms with E-state index in [0.717, 1.165) is 11.4 Å². The van der Waals surface area contributed by atoms with Crippen molar-refractivity contribution in [1.82, 2.24) is 5.43 Å². The van der Waals surface area contributed by atoms with Gasteiger partial charge in [0.15, 0.2) is 0 Å². The van der Waals surface area contributed by atoms with Gasteiger partial charge in [0.1, 0.15) is 0 Å². The van der Waals surface area contributed by atoms with E-state index in [1.165, 1.54) is 5.56 Å². The minimum Gasteiger partial charge on any atom is -0.360 e. The largest absolute Gasteiger partial charge is 0.360 e. The average Bonchev–Trinajstić information content (AvgIpc) is 2.16. The topological polar surface area (TPSA) is 50.1 Å². The fraction of sp³-hybridized carbons (Fsp3) is 0.200. The molecule has 0 saturated heterocycles. The molecule has 0 aliphatic rings. The lowest BCUT2D eigenvalue weighted by molar-refractivity contribution is 0.883. The van der Waals surface area contributed by atoms with Crippen LogP contribution in [0.2, 0.25) is 0 Å². The van der Waals surface area contributed by atoms with E-state index in [4.69, 9.17) is 5.84 Å². The molecule has 0 heterocycles. The summed E-state index contributed by atoms with van der Waals surface area (Å²) in [5.74, 6) is 5.20. The van der Waals surface area contributed by atoms with Crippen molar-refractivity contribution in [3.63, 3.8) is 0 Å². The molecular weight excluding hydrogens is 162 g/mol. The molecule has 0 spiro atoms. The fourth-order valence-corrected chi connectivity index (χ4v) is 0.883. The van der Waals surface area contributed by atoms with E-state index in [2.05, 4.69) is 29.8 Å². The summed E-state index contributed by atoms with van der Waals surface area (Å²) in [7, 11) is 0. The van der Waals surface area contributed by atoms with Crippen molar-refractivity contribution in [3.8, 4) is 0 Å². The molecule has 0 saturated carbocycles. The number of nitrogens with one attached hydrogen (secondary N) is 2.